The van der Waals surface area contributed by atoms with Crippen LogP contribution in [-0.4, -0.2) is 27.7 Å². The van der Waals surface area contributed by atoms with E-state index in [-0.39, 0.29) is 6.04 Å². The summed E-state index contributed by atoms with van der Waals surface area (Å²) in [7, 11) is 1.67. The summed E-state index contributed by atoms with van der Waals surface area (Å²) in [5, 5.41) is 9.24. The van der Waals surface area contributed by atoms with Crippen LogP contribution in [0.15, 0.2) is 23.4 Å². The monoisotopic (exact) mass is 290 g/mol. The van der Waals surface area contributed by atoms with Crippen LogP contribution in [0.1, 0.15) is 28.6 Å². The quantitative estimate of drug-likeness (QED) is 0.941. The number of ether oxygens (including phenoxy) is 1. The topological polar surface area (TPSA) is 52.0 Å². The van der Waals surface area contributed by atoms with E-state index in [0.717, 1.165) is 16.7 Å². The summed E-state index contributed by atoms with van der Waals surface area (Å²) in [6.45, 7) is 4.73. The molecule has 1 aromatic carbocycles. The van der Waals surface area contributed by atoms with Crippen molar-refractivity contribution in [3.05, 3.63) is 40.7 Å². The Morgan fingerprint density at radius 3 is 3.05 bits per heavy atom. The Bertz CT molecular complexity index is 626. The lowest BCUT2D eigenvalue weighted by Gasteiger charge is -2.27. The average Bonchev–Trinajstić information content (AvgIpc) is 2.84. The molecular weight excluding hydrogens is 272 g/mol. The highest BCUT2D eigenvalue weighted by atomic mass is 32.2. The standard InChI is InChI=1S/C14H18N4OS/c1-9-4-5-10(2)11(6-9)12-8-20-14-16-15-13(7-19-3)18(14)17-12/h4-6,12,17H,7-8H2,1-3H3. The van der Waals surface area contributed by atoms with Crippen LogP contribution in [0.5, 0.6) is 0 Å². The van der Waals surface area contributed by atoms with Crippen molar-refractivity contribution in [2.45, 2.75) is 31.7 Å². The van der Waals surface area contributed by atoms with Gasteiger partial charge in [0, 0.05) is 12.9 Å². The van der Waals surface area contributed by atoms with Crippen LogP contribution >= 0.6 is 11.8 Å². The van der Waals surface area contributed by atoms with E-state index in [4.69, 9.17) is 4.74 Å². The molecule has 1 atom stereocenters. The molecule has 0 spiro atoms. The van der Waals surface area contributed by atoms with Gasteiger partial charge in [-0.3, -0.25) is 0 Å². The second kappa shape index (κ2) is 5.46. The Morgan fingerprint density at radius 1 is 1.40 bits per heavy atom. The maximum absolute atomic E-state index is 5.16. The molecule has 1 aromatic heterocycles. The summed E-state index contributed by atoms with van der Waals surface area (Å²) in [6, 6.07) is 6.84. The molecule has 0 aliphatic carbocycles. The Labute approximate surface area is 122 Å². The summed E-state index contributed by atoms with van der Waals surface area (Å²) in [5.41, 5.74) is 7.42. The second-order valence-corrected chi connectivity index (χ2v) is 6.01. The van der Waals surface area contributed by atoms with E-state index in [1.807, 2.05) is 4.68 Å². The average molecular weight is 290 g/mol. The highest BCUT2D eigenvalue weighted by molar-refractivity contribution is 7.99. The summed E-state index contributed by atoms with van der Waals surface area (Å²) >= 11 is 1.72. The van der Waals surface area contributed by atoms with Gasteiger partial charge in [0.15, 0.2) is 5.82 Å². The molecule has 5 nitrogen and oxygen atoms in total. The van der Waals surface area contributed by atoms with Gasteiger partial charge in [0.05, 0.1) is 6.04 Å². The van der Waals surface area contributed by atoms with Crippen LogP contribution < -0.4 is 5.43 Å². The number of nitrogens with one attached hydrogen (secondary N) is 1. The fraction of sp³-hybridized carbons (Fsp3) is 0.429. The van der Waals surface area contributed by atoms with E-state index in [9.17, 15) is 0 Å². The van der Waals surface area contributed by atoms with E-state index in [2.05, 4.69) is 47.7 Å². The molecule has 0 amide bonds. The van der Waals surface area contributed by atoms with Gasteiger partial charge in [-0.05, 0) is 25.0 Å². The Kier molecular flexibility index (Phi) is 3.67. The maximum Gasteiger partial charge on any atom is 0.210 e. The van der Waals surface area contributed by atoms with E-state index >= 15 is 0 Å². The lowest BCUT2D eigenvalue weighted by Crippen LogP contribution is -2.29. The molecule has 6 heteroatoms. The molecular formula is C14H18N4OS. The zero-order valence-electron chi connectivity index (χ0n) is 11.9. The van der Waals surface area contributed by atoms with Gasteiger partial charge < -0.3 is 10.2 Å². The van der Waals surface area contributed by atoms with Crippen LogP contribution in [0, 0.1) is 13.8 Å². The first kappa shape index (κ1) is 13.5. The number of benzene rings is 1. The van der Waals surface area contributed by atoms with Gasteiger partial charge >= 0.3 is 0 Å². The van der Waals surface area contributed by atoms with Gasteiger partial charge in [-0.2, -0.15) is 0 Å². The van der Waals surface area contributed by atoms with Crippen molar-refractivity contribution in [1.29, 1.82) is 0 Å². The molecule has 0 fully saturated rings. The van der Waals surface area contributed by atoms with Crippen molar-refractivity contribution in [2.75, 3.05) is 18.3 Å². The number of nitrogens with zero attached hydrogens (tertiary/aromatic N) is 3. The first-order valence-electron chi connectivity index (χ1n) is 6.58. The van der Waals surface area contributed by atoms with E-state index in [1.54, 1.807) is 18.9 Å². The molecule has 0 bridgehead atoms. The van der Waals surface area contributed by atoms with E-state index < -0.39 is 0 Å². The summed E-state index contributed by atoms with van der Waals surface area (Å²) in [4.78, 5) is 0. The van der Waals surface area contributed by atoms with Gasteiger partial charge in [-0.25, -0.2) is 4.68 Å². The number of aryl methyl sites for hydroxylation is 2. The first-order valence-corrected chi connectivity index (χ1v) is 7.57. The van der Waals surface area contributed by atoms with Crippen molar-refractivity contribution < 1.29 is 4.74 Å². The van der Waals surface area contributed by atoms with Gasteiger partial charge in [-0.15, -0.1) is 10.2 Å². The van der Waals surface area contributed by atoms with Crippen LogP contribution in [0.25, 0.3) is 0 Å². The van der Waals surface area contributed by atoms with Crippen LogP contribution in [0.2, 0.25) is 0 Å². The third-order valence-electron chi connectivity index (χ3n) is 3.45. The van der Waals surface area contributed by atoms with Crippen molar-refractivity contribution >= 4 is 11.8 Å². The molecule has 1 aliphatic heterocycles. The normalized spacial score (nSPS) is 17.6. The molecule has 0 saturated carbocycles. The van der Waals surface area contributed by atoms with E-state index in [0.29, 0.717) is 6.61 Å². The van der Waals surface area contributed by atoms with Gasteiger partial charge in [0.2, 0.25) is 5.16 Å². The third kappa shape index (κ3) is 2.41. The minimum atomic E-state index is 0.263. The fourth-order valence-corrected chi connectivity index (χ4v) is 3.35. The Hall–Kier alpha value is -1.53. The molecule has 0 radical (unpaired) electrons. The number of hydrogen-bond acceptors (Lipinski definition) is 5. The van der Waals surface area contributed by atoms with Gasteiger partial charge in [0.1, 0.15) is 6.61 Å². The predicted molar refractivity (Wildman–Crippen MR) is 79.5 cm³/mol. The third-order valence-corrected chi connectivity index (χ3v) is 4.47. The Balaban J connectivity index is 1.91. The molecule has 2 aromatic rings. The molecule has 106 valence electrons. The van der Waals surface area contributed by atoms with Gasteiger partial charge in [0.25, 0.3) is 0 Å². The molecule has 20 heavy (non-hydrogen) atoms. The van der Waals surface area contributed by atoms with Crippen LogP contribution in [0.3, 0.4) is 0 Å². The molecule has 1 unspecified atom stereocenters. The van der Waals surface area contributed by atoms with Crippen molar-refractivity contribution in [3.8, 4) is 0 Å². The number of rotatable bonds is 3. The summed E-state index contributed by atoms with van der Waals surface area (Å²) in [5.74, 6) is 1.76. The van der Waals surface area contributed by atoms with Crippen molar-refractivity contribution in [3.63, 3.8) is 0 Å². The molecule has 0 saturated heterocycles. The van der Waals surface area contributed by atoms with Crippen molar-refractivity contribution in [1.82, 2.24) is 14.9 Å². The maximum atomic E-state index is 5.16. The second-order valence-electron chi connectivity index (χ2n) is 5.02. The number of hydrogen-bond donors (Lipinski definition) is 1. The molecule has 1 N–H and O–H groups in total. The number of methoxy groups -OCH3 is 1. The summed E-state index contributed by atoms with van der Waals surface area (Å²) < 4.78 is 7.11. The summed E-state index contributed by atoms with van der Waals surface area (Å²) in [6.07, 6.45) is 0. The predicted octanol–water partition coefficient (Wildman–Crippen LogP) is 2.43. The minimum Gasteiger partial charge on any atom is -0.377 e. The Morgan fingerprint density at radius 2 is 2.25 bits per heavy atom. The molecule has 2 heterocycles. The zero-order valence-corrected chi connectivity index (χ0v) is 12.7. The minimum absolute atomic E-state index is 0.263. The largest absolute Gasteiger partial charge is 0.377 e. The SMILES string of the molecule is COCc1nnc2n1NC(c1cc(C)ccc1C)CS2. The number of aromatic nitrogens is 3. The van der Waals surface area contributed by atoms with Crippen molar-refractivity contribution in [2.24, 2.45) is 0 Å². The lowest BCUT2D eigenvalue weighted by atomic mass is 10.0. The lowest BCUT2D eigenvalue weighted by molar-refractivity contribution is 0.174. The van der Waals surface area contributed by atoms with Crippen LogP contribution in [-0.2, 0) is 11.3 Å². The fourth-order valence-electron chi connectivity index (χ4n) is 2.39. The highest BCUT2D eigenvalue weighted by Gasteiger charge is 2.24. The smallest absolute Gasteiger partial charge is 0.210 e. The van der Waals surface area contributed by atoms with E-state index in [1.165, 1.54) is 16.7 Å². The zero-order chi connectivity index (χ0) is 14.1. The van der Waals surface area contributed by atoms with Gasteiger partial charge in [-0.1, -0.05) is 35.5 Å². The number of thioether (sulfide) groups is 1. The first-order chi connectivity index (χ1) is 9.69. The molecule has 3 rings (SSSR count). The number of fused-ring (bicyclic) bond motifs is 1. The van der Waals surface area contributed by atoms with Crippen LogP contribution in [0.4, 0.5) is 0 Å². The molecule has 1 aliphatic rings. The highest BCUT2D eigenvalue weighted by Crippen LogP contribution is 2.31.